The molecule has 2 heterocycles. The summed E-state index contributed by atoms with van der Waals surface area (Å²) in [7, 11) is 0. The van der Waals surface area contributed by atoms with E-state index in [0.717, 1.165) is 52.4 Å². The Bertz CT molecular complexity index is 214. The van der Waals surface area contributed by atoms with Crippen molar-refractivity contribution >= 4 is 0 Å². The summed E-state index contributed by atoms with van der Waals surface area (Å²) in [6.45, 7) is 12.4. The molecule has 0 aromatic heterocycles. The molecule has 0 aromatic rings. The lowest BCUT2D eigenvalue weighted by Crippen LogP contribution is -2.49. The lowest BCUT2D eigenvalue weighted by molar-refractivity contribution is 0.0297. The molecule has 5 heteroatoms. The van der Waals surface area contributed by atoms with Crippen molar-refractivity contribution in [2.75, 3.05) is 78.7 Å². The zero-order valence-corrected chi connectivity index (χ0v) is 11.4. The number of ether oxygens (including phenoxy) is 1. The average Bonchev–Trinajstić information content (AvgIpc) is 2.45. The topological polar surface area (TPSA) is 39.2 Å². The van der Waals surface area contributed by atoms with Crippen molar-refractivity contribution in [3.63, 3.8) is 0 Å². The molecule has 0 unspecified atom stereocenters. The predicted molar refractivity (Wildman–Crippen MR) is 71.8 cm³/mol. The van der Waals surface area contributed by atoms with Gasteiger partial charge in [0.2, 0.25) is 0 Å². The fourth-order valence-electron chi connectivity index (χ4n) is 2.64. The van der Waals surface area contributed by atoms with Gasteiger partial charge in [-0.15, -0.1) is 0 Å². The largest absolute Gasteiger partial charge is 0.396 e. The summed E-state index contributed by atoms with van der Waals surface area (Å²) in [5.74, 6) is 0. The number of hydrogen-bond donors (Lipinski definition) is 1. The number of hydrogen-bond acceptors (Lipinski definition) is 5. The molecule has 2 saturated heterocycles. The zero-order chi connectivity index (χ0) is 12.6. The molecule has 0 aromatic carbocycles. The van der Waals surface area contributed by atoms with Crippen LogP contribution in [0.1, 0.15) is 6.42 Å². The third-order valence-corrected chi connectivity index (χ3v) is 3.93. The van der Waals surface area contributed by atoms with Gasteiger partial charge in [-0.05, 0) is 6.42 Å². The van der Waals surface area contributed by atoms with Crippen LogP contribution in [0, 0.1) is 0 Å². The van der Waals surface area contributed by atoms with E-state index in [1.54, 1.807) is 0 Å². The molecule has 5 nitrogen and oxygen atoms in total. The lowest BCUT2D eigenvalue weighted by Gasteiger charge is -2.36. The molecule has 2 rings (SSSR count). The van der Waals surface area contributed by atoms with Gasteiger partial charge in [0.05, 0.1) is 13.2 Å². The molecule has 0 radical (unpaired) electrons. The van der Waals surface area contributed by atoms with Crippen molar-refractivity contribution in [2.24, 2.45) is 0 Å². The van der Waals surface area contributed by atoms with Gasteiger partial charge >= 0.3 is 0 Å². The van der Waals surface area contributed by atoms with E-state index in [2.05, 4.69) is 14.7 Å². The second-order valence-corrected chi connectivity index (χ2v) is 5.21. The lowest BCUT2D eigenvalue weighted by atomic mass is 10.3. The molecule has 2 aliphatic rings. The van der Waals surface area contributed by atoms with Crippen LogP contribution in [-0.2, 0) is 4.74 Å². The van der Waals surface area contributed by atoms with Gasteiger partial charge in [0.25, 0.3) is 0 Å². The van der Waals surface area contributed by atoms with E-state index in [9.17, 15) is 0 Å². The number of piperazine rings is 1. The van der Waals surface area contributed by atoms with E-state index in [1.165, 1.54) is 26.2 Å². The number of rotatable bonds is 6. The van der Waals surface area contributed by atoms with Gasteiger partial charge in [-0.25, -0.2) is 0 Å². The minimum atomic E-state index is 0.317. The Kier molecular flexibility index (Phi) is 6.37. The summed E-state index contributed by atoms with van der Waals surface area (Å²) >= 11 is 0. The van der Waals surface area contributed by atoms with E-state index in [4.69, 9.17) is 9.84 Å². The van der Waals surface area contributed by atoms with Crippen LogP contribution in [0.15, 0.2) is 0 Å². The van der Waals surface area contributed by atoms with Crippen LogP contribution in [0.25, 0.3) is 0 Å². The van der Waals surface area contributed by atoms with Gasteiger partial charge in [0.1, 0.15) is 0 Å². The normalized spacial score (nSPS) is 24.5. The summed E-state index contributed by atoms with van der Waals surface area (Å²) in [6.07, 6.45) is 0.910. The third kappa shape index (κ3) is 4.82. The molecule has 0 atom stereocenters. The van der Waals surface area contributed by atoms with E-state index < -0.39 is 0 Å². The first-order valence-corrected chi connectivity index (χ1v) is 7.24. The van der Waals surface area contributed by atoms with Crippen LogP contribution in [0.4, 0.5) is 0 Å². The molecule has 0 amide bonds. The first-order chi connectivity index (χ1) is 8.88. The first-order valence-electron chi connectivity index (χ1n) is 7.24. The Hall–Kier alpha value is -0.200. The molecule has 0 bridgehead atoms. The highest BCUT2D eigenvalue weighted by Crippen LogP contribution is 2.03. The first kappa shape index (κ1) is 14.2. The number of morpholine rings is 1. The summed E-state index contributed by atoms with van der Waals surface area (Å²) in [4.78, 5) is 7.52. The molecule has 2 aliphatic heterocycles. The molecule has 0 saturated carbocycles. The maximum absolute atomic E-state index is 8.82. The van der Waals surface area contributed by atoms with Crippen molar-refractivity contribution in [3.05, 3.63) is 0 Å². The fourth-order valence-corrected chi connectivity index (χ4v) is 2.64. The molecular weight excluding hydrogens is 230 g/mol. The predicted octanol–water partition coefficient (Wildman–Crippen LogP) is -0.681. The Balaban J connectivity index is 1.55. The van der Waals surface area contributed by atoms with E-state index in [0.29, 0.717) is 6.61 Å². The second kappa shape index (κ2) is 8.07. The van der Waals surface area contributed by atoms with Crippen LogP contribution in [-0.4, -0.2) is 98.5 Å². The Morgan fingerprint density at radius 2 is 1.22 bits per heavy atom. The minimum absolute atomic E-state index is 0.317. The van der Waals surface area contributed by atoms with E-state index in [1.807, 2.05) is 0 Å². The van der Waals surface area contributed by atoms with Crippen molar-refractivity contribution in [2.45, 2.75) is 6.42 Å². The summed E-state index contributed by atoms with van der Waals surface area (Å²) in [5.41, 5.74) is 0. The summed E-state index contributed by atoms with van der Waals surface area (Å²) in [6, 6.07) is 0. The van der Waals surface area contributed by atoms with Crippen molar-refractivity contribution in [3.8, 4) is 0 Å². The maximum Gasteiger partial charge on any atom is 0.0594 e. The van der Waals surface area contributed by atoms with Crippen LogP contribution in [0.3, 0.4) is 0 Å². The molecule has 106 valence electrons. The maximum atomic E-state index is 8.82. The highest BCUT2D eigenvalue weighted by Gasteiger charge is 2.17. The zero-order valence-electron chi connectivity index (χ0n) is 11.4. The van der Waals surface area contributed by atoms with Crippen molar-refractivity contribution in [1.29, 1.82) is 0 Å². The third-order valence-electron chi connectivity index (χ3n) is 3.93. The Morgan fingerprint density at radius 1 is 0.722 bits per heavy atom. The van der Waals surface area contributed by atoms with Gasteiger partial charge < -0.3 is 14.7 Å². The minimum Gasteiger partial charge on any atom is -0.396 e. The molecule has 18 heavy (non-hydrogen) atoms. The number of nitrogens with zero attached hydrogens (tertiary/aromatic N) is 3. The van der Waals surface area contributed by atoms with Gasteiger partial charge in [-0.3, -0.25) is 9.80 Å². The highest BCUT2D eigenvalue weighted by molar-refractivity contribution is 4.73. The van der Waals surface area contributed by atoms with Crippen LogP contribution < -0.4 is 0 Å². The molecule has 1 N–H and O–H groups in total. The monoisotopic (exact) mass is 257 g/mol. The van der Waals surface area contributed by atoms with Crippen LogP contribution in [0.2, 0.25) is 0 Å². The molecule has 2 fully saturated rings. The molecular formula is C13H27N3O2. The van der Waals surface area contributed by atoms with E-state index >= 15 is 0 Å². The Labute approximate surface area is 110 Å². The van der Waals surface area contributed by atoms with Crippen molar-refractivity contribution < 1.29 is 9.84 Å². The number of aliphatic hydroxyl groups is 1. The molecule has 0 aliphatic carbocycles. The smallest absolute Gasteiger partial charge is 0.0594 e. The van der Waals surface area contributed by atoms with Crippen molar-refractivity contribution in [1.82, 2.24) is 14.7 Å². The van der Waals surface area contributed by atoms with Crippen LogP contribution >= 0.6 is 0 Å². The van der Waals surface area contributed by atoms with Crippen LogP contribution in [0.5, 0.6) is 0 Å². The Morgan fingerprint density at radius 3 is 1.78 bits per heavy atom. The summed E-state index contributed by atoms with van der Waals surface area (Å²) in [5, 5.41) is 8.82. The summed E-state index contributed by atoms with van der Waals surface area (Å²) < 4.78 is 5.36. The number of aliphatic hydroxyl groups excluding tert-OH is 1. The van der Waals surface area contributed by atoms with E-state index in [-0.39, 0.29) is 0 Å². The van der Waals surface area contributed by atoms with Gasteiger partial charge in [-0.2, -0.15) is 0 Å². The highest BCUT2D eigenvalue weighted by atomic mass is 16.5. The SMILES string of the molecule is OCCCN1CCN(CCN2CCOCC2)CC1. The fraction of sp³-hybridized carbons (Fsp3) is 1.00. The van der Waals surface area contributed by atoms with Gasteiger partial charge in [-0.1, -0.05) is 0 Å². The molecule has 0 spiro atoms. The average molecular weight is 257 g/mol. The van der Waals surface area contributed by atoms with Gasteiger partial charge in [0.15, 0.2) is 0 Å². The second-order valence-electron chi connectivity index (χ2n) is 5.21. The van der Waals surface area contributed by atoms with Gasteiger partial charge in [0, 0.05) is 65.5 Å². The standard InChI is InChI=1S/C13H27N3O2/c17-11-1-2-14-3-5-15(6-4-14)7-8-16-9-12-18-13-10-16/h17H,1-13H2. The quantitative estimate of drug-likeness (QED) is 0.682.